The molecule has 4 fully saturated rings. The van der Waals surface area contributed by atoms with E-state index in [0.29, 0.717) is 30.3 Å². The molecule has 2 N–H and O–H groups in total. The highest BCUT2D eigenvalue weighted by atomic mass is 16.5. The Balaban J connectivity index is 1.65. The first-order chi connectivity index (χ1) is 17.1. The minimum absolute atomic E-state index is 0.0582. The van der Waals surface area contributed by atoms with E-state index in [2.05, 4.69) is 61.5 Å². The lowest BCUT2D eigenvalue weighted by molar-refractivity contribution is -0.277. The molecule has 12 atom stereocenters. The summed E-state index contributed by atoms with van der Waals surface area (Å²) in [5.74, 6) is 0.476. The Kier molecular flexibility index (Phi) is 6.38. The van der Waals surface area contributed by atoms with E-state index in [9.17, 15) is 15.0 Å². The first-order valence-electron chi connectivity index (χ1n) is 14.9. The maximum Gasteiger partial charge on any atom is 0.307 e. The normalized spacial score (nSPS) is 54.0. The van der Waals surface area contributed by atoms with Crippen LogP contribution >= 0.6 is 0 Å². The lowest BCUT2D eigenvalue weighted by atomic mass is 9.34. The van der Waals surface area contributed by atoms with Gasteiger partial charge in [-0.05, 0) is 85.4 Å². The molecule has 37 heavy (non-hydrogen) atoms. The molecule has 4 aliphatic carbocycles. The average molecular weight is 517 g/mol. The van der Waals surface area contributed by atoms with Gasteiger partial charge in [-0.3, -0.25) is 4.79 Å². The van der Waals surface area contributed by atoms with Crippen molar-refractivity contribution in [1.82, 2.24) is 0 Å². The minimum Gasteiger partial charge on any atom is -0.481 e. The summed E-state index contributed by atoms with van der Waals surface area (Å²) in [5, 5.41) is 22.2. The molecule has 1 heterocycles. The second-order valence-electron chi connectivity index (χ2n) is 15.1. The summed E-state index contributed by atoms with van der Waals surface area (Å²) in [5.41, 5.74) is 0.364. The van der Waals surface area contributed by atoms with E-state index in [1.807, 2.05) is 0 Å². The van der Waals surface area contributed by atoms with Gasteiger partial charge in [-0.1, -0.05) is 60.1 Å². The number of rotatable bonds is 4. The van der Waals surface area contributed by atoms with Crippen molar-refractivity contribution in [2.45, 2.75) is 112 Å². The molecule has 5 rings (SSSR count). The molecule has 1 unspecified atom stereocenters. The summed E-state index contributed by atoms with van der Waals surface area (Å²) in [4.78, 5) is 13.2. The maximum absolute atomic E-state index is 13.2. The fraction of sp³-hybridized carbons (Fsp3) is 0.906. The number of fused-ring (bicyclic) bond motifs is 3. The first-order valence-corrected chi connectivity index (χ1v) is 14.9. The van der Waals surface area contributed by atoms with Gasteiger partial charge in [-0.15, -0.1) is 0 Å². The van der Waals surface area contributed by atoms with Gasteiger partial charge in [0.05, 0.1) is 30.8 Å². The number of hydrogen-bond donors (Lipinski definition) is 2. The lowest BCUT2D eigenvalue weighted by Gasteiger charge is -2.72. The highest BCUT2D eigenvalue weighted by molar-refractivity contribution is 5.73. The van der Waals surface area contributed by atoms with Crippen molar-refractivity contribution in [3.05, 3.63) is 11.6 Å². The molecule has 210 valence electrons. The zero-order valence-corrected chi connectivity index (χ0v) is 24.8. The summed E-state index contributed by atoms with van der Waals surface area (Å²) in [6.07, 6.45) is 7.51. The molecule has 3 saturated carbocycles. The number of carbonyl (C=O) groups is 1. The minimum atomic E-state index is -0.616. The van der Waals surface area contributed by atoms with Crippen molar-refractivity contribution in [2.75, 3.05) is 13.7 Å². The van der Waals surface area contributed by atoms with Crippen LogP contribution in [-0.2, 0) is 14.3 Å². The largest absolute Gasteiger partial charge is 0.481 e. The van der Waals surface area contributed by atoms with Crippen LogP contribution in [0.25, 0.3) is 0 Å². The Morgan fingerprint density at radius 3 is 2.38 bits per heavy atom. The molecule has 1 saturated heterocycles. The van der Waals surface area contributed by atoms with E-state index in [4.69, 9.17) is 9.47 Å². The van der Waals surface area contributed by atoms with Crippen molar-refractivity contribution in [3.8, 4) is 0 Å². The SMILES string of the molecule is CO[C@@H]1C[C@]23C4=CC[C@@]5(C)C(C(=O)O)[C@@](C)([C@H](C)C(C)C)CC[C@]5(C)[C@H]4CC[C@H]2[C@@](C)(CO[C@H]3C)[C@H]1O. The number of aliphatic hydroxyl groups excluding tert-OH is 1. The van der Waals surface area contributed by atoms with Crippen molar-refractivity contribution in [1.29, 1.82) is 0 Å². The lowest BCUT2D eigenvalue weighted by Crippen LogP contribution is -2.71. The van der Waals surface area contributed by atoms with Crippen LogP contribution in [0.15, 0.2) is 11.6 Å². The molecular formula is C32H52O5. The predicted molar refractivity (Wildman–Crippen MR) is 145 cm³/mol. The number of carboxylic acids is 1. The van der Waals surface area contributed by atoms with Gasteiger partial charge in [0.1, 0.15) is 0 Å². The third kappa shape index (κ3) is 3.23. The Morgan fingerprint density at radius 1 is 1.11 bits per heavy atom. The molecule has 5 nitrogen and oxygen atoms in total. The number of ether oxygens (including phenoxy) is 2. The molecular weight excluding hydrogens is 464 g/mol. The van der Waals surface area contributed by atoms with Crippen LogP contribution in [0, 0.1) is 56.7 Å². The fourth-order valence-corrected chi connectivity index (χ4v) is 11.1. The summed E-state index contributed by atoms with van der Waals surface area (Å²) in [6.45, 7) is 18.8. The molecule has 0 aromatic rings. The second-order valence-corrected chi connectivity index (χ2v) is 15.1. The molecule has 0 aromatic carbocycles. The van der Waals surface area contributed by atoms with Gasteiger partial charge in [0.2, 0.25) is 0 Å². The number of aliphatic hydroxyl groups is 1. The average Bonchev–Trinajstić information content (AvgIpc) is 2.84. The summed E-state index contributed by atoms with van der Waals surface area (Å²) < 4.78 is 12.5. The van der Waals surface area contributed by atoms with Gasteiger partial charge in [0.25, 0.3) is 0 Å². The Hall–Kier alpha value is -0.910. The van der Waals surface area contributed by atoms with Crippen molar-refractivity contribution < 1.29 is 24.5 Å². The van der Waals surface area contributed by atoms with Gasteiger partial charge in [0, 0.05) is 17.9 Å². The maximum atomic E-state index is 13.2. The molecule has 1 aliphatic heterocycles. The number of methoxy groups -OCH3 is 1. The number of allylic oxidation sites excluding steroid dienone is 1. The van der Waals surface area contributed by atoms with Gasteiger partial charge in [-0.25, -0.2) is 0 Å². The van der Waals surface area contributed by atoms with Crippen LogP contribution in [0.1, 0.15) is 93.9 Å². The van der Waals surface area contributed by atoms with Crippen LogP contribution in [-0.4, -0.2) is 48.2 Å². The van der Waals surface area contributed by atoms with Crippen LogP contribution in [0.2, 0.25) is 0 Å². The zero-order chi connectivity index (χ0) is 27.3. The standard InChI is InChI=1S/C32H52O5/c1-18(2)19(3)28(5)14-15-30(7)21-10-11-24-29(6)17-37-20(4)32(24,16-23(36-9)26(29)33)22(21)12-13-31(30,8)25(28)27(34)35/h12,18-21,23-26,33H,10-11,13-17H2,1-9H3,(H,34,35)/t19-,20+,21+,23-,24+,25?,26+,28-,29-,30-,31+,32+/m1/s1. The van der Waals surface area contributed by atoms with Crippen LogP contribution < -0.4 is 0 Å². The van der Waals surface area contributed by atoms with E-state index in [-0.39, 0.29) is 45.2 Å². The second kappa shape index (κ2) is 8.54. The van der Waals surface area contributed by atoms with Crippen molar-refractivity contribution >= 4 is 5.97 Å². The monoisotopic (exact) mass is 516 g/mol. The smallest absolute Gasteiger partial charge is 0.307 e. The molecule has 2 bridgehead atoms. The molecule has 0 spiro atoms. The highest BCUT2D eigenvalue weighted by Crippen LogP contribution is 2.75. The highest BCUT2D eigenvalue weighted by Gasteiger charge is 2.72. The van der Waals surface area contributed by atoms with Crippen LogP contribution in [0.5, 0.6) is 0 Å². The Labute approximate surface area is 224 Å². The molecule has 0 amide bonds. The summed E-state index contributed by atoms with van der Waals surface area (Å²) in [7, 11) is 1.73. The van der Waals surface area contributed by atoms with E-state index < -0.39 is 12.1 Å². The van der Waals surface area contributed by atoms with Crippen LogP contribution in [0.3, 0.4) is 0 Å². The van der Waals surface area contributed by atoms with Gasteiger partial charge < -0.3 is 19.7 Å². The first kappa shape index (κ1) is 27.6. The van der Waals surface area contributed by atoms with E-state index in [1.54, 1.807) is 7.11 Å². The summed E-state index contributed by atoms with van der Waals surface area (Å²) in [6, 6.07) is 0. The van der Waals surface area contributed by atoms with E-state index in [1.165, 1.54) is 5.57 Å². The summed E-state index contributed by atoms with van der Waals surface area (Å²) >= 11 is 0. The third-order valence-corrected chi connectivity index (χ3v) is 13.9. The number of aliphatic carboxylic acids is 1. The fourth-order valence-electron chi connectivity index (χ4n) is 11.1. The zero-order valence-electron chi connectivity index (χ0n) is 24.8. The molecule has 0 radical (unpaired) electrons. The quantitative estimate of drug-likeness (QED) is 0.427. The van der Waals surface area contributed by atoms with Gasteiger partial charge in [-0.2, -0.15) is 0 Å². The molecule has 0 aromatic heterocycles. The molecule has 5 aliphatic rings. The van der Waals surface area contributed by atoms with Crippen molar-refractivity contribution in [2.24, 2.45) is 56.7 Å². The Bertz CT molecular complexity index is 974. The van der Waals surface area contributed by atoms with Crippen LogP contribution in [0.4, 0.5) is 0 Å². The molecule has 5 heteroatoms. The van der Waals surface area contributed by atoms with E-state index in [0.717, 1.165) is 38.5 Å². The van der Waals surface area contributed by atoms with Crippen molar-refractivity contribution in [3.63, 3.8) is 0 Å². The number of hydrogen-bond acceptors (Lipinski definition) is 4. The Morgan fingerprint density at radius 2 is 1.78 bits per heavy atom. The number of carboxylic acid groups (broad SMARTS) is 1. The predicted octanol–water partition coefficient (Wildman–Crippen LogP) is 6.34. The topological polar surface area (TPSA) is 76.0 Å². The third-order valence-electron chi connectivity index (χ3n) is 13.9. The van der Waals surface area contributed by atoms with Gasteiger partial charge >= 0.3 is 5.97 Å². The van der Waals surface area contributed by atoms with E-state index >= 15 is 0 Å². The van der Waals surface area contributed by atoms with Gasteiger partial charge in [0.15, 0.2) is 0 Å².